The van der Waals surface area contributed by atoms with Gasteiger partial charge in [-0.15, -0.1) is 13.2 Å². The van der Waals surface area contributed by atoms with Crippen molar-refractivity contribution in [3.63, 3.8) is 0 Å². The third-order valence-electron chi connectivity index (χ3n) is 0.496. The topological polar surface area (TPSA) is 0 Å². The van der Waals surface area contributed by atoms with Crippen LogP contribution in [-0.4, -0.2) is 0 Å². The number of allylic oxidation sites excluding steroid dienone is 4. The molecule has 0 aliphatic heterocycles. The Hall–Kier alpha value is -0.780. The first-order valence-electron chi connectivity index (χ1n) is 12.7. The van der Waals surface area contributed by atoms with Crippen LogP contribution in [0.15, 0.2) is 37.5 Å². The van der Waals surface area contributed by atoms with E-state index in [0.717, 1.165) is 0 Å². The zero-order valence-electron chi connectivity index (χ0n) is 25.7. The van der Waals surface area contributed by atoms with Crippen LogP contribution in [0.25, 0.3) is 0 Å². The second-order valence-electron chi connectivity index (χ2n) is 1.05. The van der Waals surface area contributed by atoms with Crippen molar-refractivity contribution in [3.05, 3.63) is 37.5 Å². The summed E-state index contributed by atoms with van der Waals surface area (Å²) in [5.74, 6) is 0. The Morgan fingerprint density at radius 2 is 0.379 bits per heavy atom. The Bertz CT molecular complexity index is 58.1. The van der Waals surface area contributed by atoms with Gasteiger partial charge in [0.2, 0.25) is 0 Å². The van der Waals surface area contributed by atoms with Gasteiger partial charge in [-0.05, 0) is 13.8 Å². The van der Waals surface area contributed by atoms with Crippen molar-refractivity contribution >= 4 is 0 Å². The highest BCUT2D eigenvalue weighted by Crippen LogP contribution is 1.71. The van der Waals surface area contributed by atoms with Crippen LogP contribution in [0.5, 0.6) is 0 Å². The van der Waals surface area contributed by atoms with Gasteiger partial charge in [0, 0.05) is 0 Å². The highest BCUT2D eigenvalue weighted by molar-refractivity contribution is 4.98. The SMILES string of the molecule is C.C/C=C/C=C/C.C=C.CC.CC.CC.CC.CC.CC.CC.CC.CC.CC. The van der Waals surface area contributed by atoms with Crippen LogP contribution in [-0.2, 0) is 0 Å². The van der Waals surface area contributed by atoms with Gasteiger partial charge in [-0.1, -0.05) is 170 Å². The molecule has 0 aromatic heterocycles. The van der Waals surface area contributed by atoms with Crippen LogP contribution in [0, 0.1) is 0 Å². The lowest BCUT2D eigenvalue weighted by molar-refractivity contribution is 1.50. The Balaban J connectivity index is -0.00000000909. The molecule has 0 amide bonds. The molecule has 0 radical (unpaired) electrons. The molecule has 0 aliphatic carbocycles. The number of hydrogen-bond donors (Lipinski definition) is 0. The van der Waals surface area contributed by atoms with Crippen LogP contribution >= 0.6 is 0 Å². The maximum atomic E-state index is 3.00. The molecule has 29 heavy (non-hydrogen) atoms. The minimum absolute atomic E-state index is 0. The van der Waals surface area contributed by atoms with E-state index in [4.69, 9.17) is 0 Å². The van der Waals surface area contributed by atoms with E-state index >= 15 is 0 Å². The quantitative estimate of drug-likeness (QED) is 0.289. The summed E-state index contributed by atoms with van der Waals surface area (Å²) in [4.78, 5) is 0. The van der Waals surface area contributed by atoms with Crippen LogP contribution in [0.4, 0.5) is 0 Å². The second-order valence-corrected chi connectivity index (χ2v) is 1.05. The van der Waals surface area contributed by atoms with Crippen molar-refractivity contribution in [2.24, 2.45) is 0 Å². The van der Waals surface area contributed by atoms with Gasteiger partial charge in [0.05, 0.1) is 0 Å². The lowest BCUT2D eigenvalue weighted by Crippen LogP contribution is -1.40. The standard InChI is InChI=1S/C6H10.10C2H6.C2H4.CH4/c1-3-5-6-4-2;11*1-2;/h3-6H,1-2H3;10*1-2H3;1-2H2;1H4/b5-3+,6-4+;;;;;;;;;;;;. The van der Waals surface area contributed by atoms with E-state index in [-0.39, 0.29) is 7.43 Å². The minimum Gasteiger partial charge on any atom is -0.106 e. The Morgan fingerprint density at radius 3 is 0.414 bits per heavy atom. The van der Waals surface area contributed by atoms with Crippen LogP contribution in [0.2, 0.25) is 0 Å². The predicted molar refractivity (Wildman–Crippen MR) is 161 cm³/mol. The smallest absolute Gasteiger partial charge is 0.0467 e. The Kier molecular flexibility index (Phi) is 5620. The van der Waals surface area contributed by atoms with Crippen molar-refractivity contribution in [2.75, 3.05) is 0 Å². The highest BCUT2D eigenvalue weighted by atomic mass is 13.6. The monoisotopic (exact) mass is 427 g/mol. The molecule has 0 N–H and O–H groups in total. The van der Waals surface area contributed by atoms with Crippen LogP contribution in [0.1, 0.15) is 160 Å². The van der Waals surface area contributed by atoms with Crippen molar-refractivity contribution in [1.82, 2.24) is 0 Å². The fraction of sp³-hybridized carbons (Fsp3) is 0.793. The zero-order valence-corrected chi connectivity index (χ0v) is 25.7. The molecule has 0 saturated carbocycles. The summed E-state index contributed by atoms with van der Waals surface area (Å²) >= 11 is 0. The van der Waals surface area contributed by atoms with E-state index in [9.17, 15) is 0 Å². The van der Waals surface area contributed by atoms with Crippen molar-refractivity contribution in [2.45, 2.75) is 160 Å². The van der Waals surface area contributed by atoms with Gasteiger partial charge < -0.3 is 0 Å². The molecular formula is C29H78. The minimum atomic E-state index is 0. The first kappa shape index (κ1) is 90.3. The number of rotatable bonds is 1. The summed E-state index contributed by atoms with van der Waals surface area (Å²) in [6.07, 6.45) is 8.00. The van der Waals surface area contributed by atoms with E-state index in [2.05, 4.69) is 13.2 Å². The van der Waals surface area contributed by atoms with Gasteiger partial charge in [-0.3, -0.25) is 0 Å². The molecule has 0 aromatic carbocycles. The normalized spacial score (nSPS) is 4.62. The van der Waals surface area contributed by atoms with Gasteiger partial charge in [-0.2, -0.15) is 0 Å². The molecule has 0 aliphatic rings. The fourth-order valence-corrected chi connectivity index (χ4v) is 0.222. The number of hydrogen-bond acceptors (Lipinski definition) is 0. The van der Waals surface area contributed by atoms with E-state index in [1.54, 1.807) is 0 Å². The van der Waals surface area contributed by atoms with Crippen molar-refractivity contribution in [3.8, 4) is 0 Å². The first-order chi connectivity index (χ1) is 13.9. The van der Waals surface area contributed by atoms with Crippen molar-refractivity contribution in [1.29, 1.82) is 0 Å². The molecule has 0 heterocycles. The third kappa shape index (κ3) is 3510. The largest absolute Gasteiger partial charge is 0.106 e. The predicted octanol–water partition coefficient (Wildman–Crippen LogP) is 13.8. The molecular weight excluding hydrogens is 348 g/mol. The van der Waals surface area contributed by atoms with E-state index < -0.39 is 0 Å². The molecule has 0 saturated heterocycles. The van der Waals surface area contributed by atoms with Gasteiger partial charge in [0.15, 0.2) is 0 Å². The van der Waals surface area contributed by atoms with Gasteiger partial charge in [0.25, 0.3) is 0 Å². The summed E-state index contributed by atoms with van der Waals surface area (Å²) < 4.78 is 0. The van der Waals surface area contributed by atoms with E-state index in [1.807, 2.05) is 177 Å². The lowest BCUT2D eigenvalue weighted by atomic mass is 10.5. The maximum absolute atomic E-state index is 3.00. The van der Waals surface area contributed by atoms with Gasteiger partial charge >= 0.3 is 0 Å². The zero-order chi connectivity index (χ0) is 26.8. The molecule has 0 bridgehead atoms. The molecule has 0 unspecified atom stereocenters. The fourth-order valence-electron chi connectivity index (χ4n) is 0.222. The molecule has 0 aromatic rings. The van der Waals surface area contributed by atoms with Crippen LogP contribution in [0.3, 0.4) is 0 Å². The summed E-state index contributed by atoms with van der Waals surface area (Å²) in [6, 6.07) is 0. The summed E-state index contributed by atoms with van der Waals surface area (Å²) in [7, 11) is 0. The summed E-state index contributed by atoms with van der Waals surface area (Å²) in [5.41, 5.74) is 0. The molecule has 0 nitrogen and oxygen atoms in total. The molecule has 0 heteroatoms. The maximum Gasteiger partial charge on any atom is -0.0467 e. The third-order valence-corrected chi connectivity index (χ3v) is 0.496. The van der Waals surface area contributed by atoms with Gasteiger partial charge in [0.1, 0.15) is 0 Å². The average molecular weight is 427 g/mol. The summed E-state index contributed by atoms with van der Waals surface area (Å²) in [5, 5.41) is 0. The second kappa shape index (κ2) is 1800. The Morgan fingerprint density at radius 1 is 0.310 bits per heavy atom. The van der Waals surface area contributed by atoms with E-state index in [1.165, 1.54) is 0 Å². The molecule has 194 valence electrons. The van der Waals surface area contributed by atoms with Crippen LogP contribution < -0.4 is 0 Å². The summed E-state index contributed by atoms with van der Waals surface area (Å²) in [6.45, 7) is 50.0. The Labute approximate surface area is 197 Å². The first-order valence-corrected chi connectivity index (χ1v) is 12.7. The van der Waals surface area contributed by atoms with Gasteiger partial charge in [-0.25, -0.2) is 0 Å². The molecule has 0 atom stereocenters. The van der Waals surface area contributed by atoms with E-state index in [0.29, 0.717) is 0 Å². The molecule has 0 spiro atoms. The van der Waals surface area contributed by atoms with Crippen molar-refractivity contribution < 1.29 is 0 Å². The molecule has 0 fully saturated rings. The average Bonchev–Trinajstić information content (AvgIpc) is 2.91. The highest BCUT2D eigenvalue weighted by Gasteiger charge is 1.48. The molecule has 0 rings (SSSR count). The lowest BCUT2D eigenvalue weighted by Gasteiger charge is -1.62.